The summed E-state index contributed by atoms with van der Waals surface area (Å²) in [6, 6.07) is 25.2. The maximum absolute atomic E-state index is 5.42. The fraction of sp³-hybridized carbons (Fsp3) is 0.115. The van der Waals surface area contributed by atoms with E-state index in [0.717, 1.165) is 17.9 Å². The number of nitrogens with zero attached hydrogens (tertiary/aromatic N) is 2. The Hall–Kier alpha value is -3.79. The third kappa shape index (κ3) is 3.37. The lowest BCUT2D eigenvalue weighted by atomic mass is 9.96. The summed E-state index contributed by atoms with van der Waals surface area (Å²) in [7, 11) is 1.70. The van der Waals surface area contributed by atoms with Gasteiger partial charge in [-0.25, -0.2) is 0 Å². The van der Waals surface area contributed by atoms with Crippen LogP contribution < -0.4 is 10.1 Å². The van der Waals surface area contributed by atoms with Crippen LogP contribution in [0.5, 0.6) is 5.75 Å². The standard InChI is InChI=1S/C26H23N3O/c1-30-22-9-5-8-20(16-22)23-11-10-21(25-17-27-13-12-24(23)25)18-29-15-14-28-26(29)19-6-3-2-4-7-19/h2-17,26,28H,18H2,1H3. The van der Waals surface area contributed by atoms with Crippen molar-refractivity contribution in [2.75, 3.05) is 7.11 Å². The van der Waals surface area contributed by atoms with E-state index in [1.54, 1.807) is 7.11 Å². The Labute approximate surface area is 176 Å². The molecule has 148 valence electrons. The fourth-order valence-corrected chi connectivity index (χ4v) is 4.10. The molecular formula is C26H23N3O. The van der Waals surface area contributed by atoms with Crippen LogP contribution in [0.2, 0.25) is 0 Å². The number of nitrogens with one attached hydrogen (secondary N) is 1. The highest BCUT2D eigenvalue weighted by molar-refractivity contribution is 5.98. The Morgan fingerprint density at radius 3 is 2.73 bits per heavy atom. The molecule has 4 heteroatoms. The first-order valence-corrected chi connectivity index (χ1v) is 10.1. The van der Waals surface area contributed by atoms with Crippen LogP contribution in [0, 0.1) is 0 Å². The van der Waals surface area contributed by atoms with Gasteiger partial charge in [0.1, 0.15) is 11.9 Å². The van der Waals surface area contributed by atoms with Gasteiger partial charge in [0.2, 0.25) is 0 Å². The first-order chi connectivity index (χ1) is 14.8. The maximum atomic E-state index is 5.42. The summed E-state index contributed by atoms with van der Waals surface area (Å²) >= 11 is 0. The van der Waals surface area contributed by atoms with Gasteiger partial charge in [0.05, 0.1) is 7.11 Å². The van der Waals surface area contributed by atoms with Gasteiger partial charge in [-0.05, 0) is 45.8 Å². The lowest BCUT2D eigenvalue weighted by Gasteiger charge is -2.27. The zero-order valence-electron chi connectivity index (χ0n) is 16.8. The minimum atomic E-state index is 0.135. The number of rotatable bonds is 5. The Balaban J connectivity index is 1.52. The lowest BCUT2D eigenvalue weighted by Crippen LogP contribution is -2.26. The molecule has 5 rings (SSSR count). The van der Waals surface area contributed by atoms with Crippen molar-refractivity contribution < 1.29 is 4.74 Å². The number of aromatic nitrogens is 1. The summed E-state index contributed by atoms with van der Waals surface area (Å²) in [5.41, 5.74) is 4.82. The molecule has 0 bridgehead atoms. The van der Waals surface area contributed by atoms with Gasteiger partial charge >= 0.3 is 0 Å². The summed E-state index contributed by atoms with van der Waals surface area (Å²) in [4.78, 5) is 6.74. The first kappa shape index (κ1) is 18.3. The summed E-state index contributed by atoms with van der Waals surface area (Å²) < 4.78 is 5.42. The zero-order valence-corrected chi connectivity index (χ0v) is 16.8. The second-order valence-corrected chi connectivity index (χ2v) is 7.39. The largest absolute Gasteiger partial charge is 0.497 e. The van der Waals surface area contributed by atoms with E-state index < -0.39 is 0 Å². The number of methoxy groups -OCH3 is 1. The van der Waals surface area contributed by atoms with Crippen LogP contribution in [-0.4, -0.2) is 17.0 Å². The molecule has 0 saturated heterocycles. The smallest absolute Gasteiger partial charge is 0.125 e. The van der Waals surface area contributed by atoms with Crippen LogP contribution in [0.4, 0.5) is 0 Å². The molecule has 1 atom stereocenters. The van der Waals surface area contributed by atoms with E-state index in [1.807, 2.05) is 36.8 Å². The highest BCUT2D eigenvalue weighted by Gasteiger charge is 2.21. The summed E-state index contributed by atoms with van der Waals surface area (Å²) in [5, 5.41) is 5.83. The molecule has 4 aromatic rings. The molecule has 0 amide bonds. The van der Waals surface area contributed by atoms with E-state index in [2.05, 4.69) is 76.0 Å². The number of hydrogen-bond acceptors (Lipinski definition) is 4. The topological polar surface area (TPSA) is 37.4 Å². The van der Waals surface area contributed by atoms with Gasteiger partial charge in [-0.3, -0.25) is 4.98 Å². The zero-order chi connectivity index (χ0) is 20.3. The molecule has 0 spiro atoms. The van der Waals surface area contributed by atoms with Gasteiger partial charge in [-0.1, -0.05) is 54.6 Å². The SMILES string of the molecule is COc1cccc(-c2ccc(CN3C=CNC3c3ccccc3)c3cnccc23)c1. The van der Waals surface area contributed by atoms with Crippen molar-refractivity contribution in [1.29, 1.82) is 0 Å². The molecular weight excluding hydrogens is 370 g/mol. The van der Waals surface area contributed by atoms with Crippen LogP contribution in [-0.2, 0) is 6.54 Å². The highest BCUT2D eigenvalue weighted by atomic mass is 16.5. The minimum Gasteiger partial charge on any atom is -0.497 e. The van der Waals surface area contributed by atoms with Crippen molar-refractivity contribution in [2.45, 2.75) is 12.7 Å². The van der Waals surface area contributed by atoms with Gasteiger partial charge < -0.3 is 15.0 Å². The van der Waals surface area contributed by atoms with E-state index in [9.17, 15) is 0 Å². The molecule has 3 aromatic carbocycles. The predicted molar refractivity (Wildman–Crippen MR) is 121 cm³/mol. The Morgan fingerprint density at radius 1 is 0.967 bits per heavy atom. The molecule has 1 unspecified atom stereocenters. The average Bonchev–Trinajstić information content (AvgIpc) is 3.28. The van der Waals surface area contributed by atoms with Crippen LogP contribution in [0.3, 0.4) is 0 Å². The van der Waals surface area contributed by atoms with E-state index >= 15 is 0 Å². The normalized spacial score (nSPS) is 15.4. The number of ether oxygens (including phenoxy) is 1. The molecule has 4 nitrogen and oxygen atoms in total. The van der Waals surface area contributed by atoms with E-state index in [4.69, 9.17) is 4.74 Å². The van der Waals surface area contributed by atoms with Crippen molar-refractivity contribution in [2.24, 2.45) is 0 Å². The Bertz CT molecular complexity index is 1200. The van der Waals surface area contributed by atoms with Crippen molar-refractivity contribution in [3.63, 3.8) is 0 Å². The third-order valence-corrected chi connectivity index (χ3v) is 5.61. The molecule has 0 saturated carbocycles. The Morgan fingerprint density at radius 2 is 1.87 bits per heavy atom. The second-order valence-electron chi connectivity index (χ2n) is 7.39. The van der Waals surface area contributed by atoms with Crippen molar-refractivity contribution in [3.8, 4) is 16.9 Å². The number of benzene rings is 3. The van der Waals surface area contributed by atoms with Crippen LogP contribution in [0.1, 0.15) is 17.3 Å². The molecule has 1 N–H and O–H groups in total. The molecule has 1 aromatic heterocycles. The summed E-state index contributed by atoms with van der Waals surface area (Å²) in [6.07, 6.45) is 8.10. The van der Waals surface area contributed by atoms with E-state index in [-0.39, 0.29) is 6.17 Å². The minimum absolute atomic E-state index is 0.135. The van der Waals surface area contributed by atoms with Crippen molar-refractivity contribution in [3.05, 3.63) is 109 Å². The van der Waals surface area contributed by atoms with Gasteiger partial charge in [0, 0.05) is 36.7 Å². The van der Waals surface area contributed by atoms with Crippen LogP contribution in [0.15, 0.2) is 97.6 Å². The second kappa shape index (κ2) is 7.91. The monoisotopic (exact) mass is 393 g/mol. The molecule has 1 aliphatic rings. The van der Waals surface area contributed by atoms with Crippen molar-refractivity contribution in [1.82, 2.24) is 15.2 Å². The Kier molecular flexibility index (Phi) is 4.81. The summed E-state index contributed by atoms with van der Waals surface area (Å²) in [5.74, 6) is 0.859. The molecule has 0 radical (unpaired) electrons. The van der Waals surface area contributed by atoms with Gasteiger partial charge in [0.15, 0.2) is 0 Å². The quantitative estimate of drug-likeness (QED) is 0.487. The first-order valence-electron chi connectivity index (χ1n) is 10.1. The molecule has 2 heterocycles. The molecule has 0 aliphatic carbocycles. The number of pyridine rings is 1. The number of fused-ring (bicyclic) bond motifs is 1. The lowest BCUT2D eigenvalue weighted by molar-refractivity contribution is 0.277. The fourth-order valence-electron chi connectivity index (χ4n) is 4.10. The predicted octanol–water partition coefficient (Wildman–Crippen LogP) is 5.49. The number of hydrogen-bond donors (Lipinski definition) is 1. The summed E-state index contributed by atoms with van der Waals surface area (Å²) in [6.45, 7) is 0.795. The maximum Gasteiger partial charge on any atom is 0.125 e. The van der Waals surface area contributed by atoms with Gasteiger partial charge in [0.25, 0.3) is 0 Å². The molecule has 0 fully saturated rings. The average molecular weight is 393 g/mol. The van der Waals surface area contributed by atoms with Gasteiger partial charge in [-0.15, -0.1) is 0 Å². The van der Waals surface area contributed by atoms with Crippen LogP contribution >= 0.6 is 0 Å². The highest BCUT2D eigenvalue weighted by Crippen LogP contribution is 2.34. The molecule has 30 heavy (non-hydrogen) atoms. The third-order valence-electron chi connectivity index (χ3n) is 5.61. The van der Waals surface area contributed by atoms with E-state index in [1.165, 1.54) is 27.5 Å². The van der Waals surface area contributed by atoms with Crippen LogP contribution in [0.25, 0.3) is 21.9 Å². The molecule has 1 aliphatic heterocycles. The van der Waals surface area contributed by atoms with E-state index in [0.29, 0.717) is 0 Å². The van der Waals surface area contributed by atoms with Gasteiger partial charge in [-0.2, -0.15) is 0 Å². The van der Waals surface area contributed by atoms with Crippen molar-refractivity contribution >= 4 is 10.8 Å².